The molecule has 3 heteroatoms. The zero-order chi connectivity index (χ0) is 14.9. The van der Waals surface area contributed by atoms with E-state index in [-0.39, 0.29) is 12.5 Å². The lowest BCUT2D eigenvalue weighted by Crippen LogP contribution is -2.22. The molecule has 0 aromatic heterocycles. The largest absolute Gasteiger partial charge is 0.489 e. The Kier molecular flexibility index (Phi) is 6.25. The minimum atomic E-state index is 0.216. The first-order valence-electron chi connectivity index (χ1n) is 7.35. The van der Waals surface area contributed by atoms with E-state index in [9.17, 15) is 0 Å². The van der Waals surface area contributed by atoms with Crippen molar-refractivity contribution in [2.24, 2.45) is 5.92 Å². The molecule has 0 spiro atoms. The second-order valence-electron chi connectivity index (χ2n) is 5.34. The van der Waals surface area contributed by atoms with Crippen molar-refractivity contribution in [2.45, 2.75) is 20.1 Å². The number of benzene rings is 2. The van der Waals surface area contributed by atoms with E-state index in [1.807, 2.05) is 37.3 Å². The van der Waals surface area contributed by atoms with E-state index in [2.05, 4.69) is 29.6 Å². The molecule has 2 aromatic carbocycles. The Hall–Kier alpha value is -1.84. The molecule has 2 N–H and O–H groups in total. The zero-order valence-corrected chi connectivity index (χ0v) is 12.5. The number of hydrogen-bond donors (Lipinski definition) is 2. The average Bonchev–Trinajstić information content (AvgIpc) is 2.54. The standard InChI is InChI=1S/C18H23NO2/c1-15(13-20)11-19-12-17-8-5-9-18(10-17)21-14-16-6-3-2-4-7-16/h2-10,15,19-20H,11-14H2,1H3. The van der Waals surface area contributed by atoms with Crippen LogP contribution in [0.3, 0.4) is 0 Å². The minimum Gasteiger partial charge on any atom is -0.489 e. The number of aliphatic hydroxyl groups excluding tert-OH is 1. The molecule has 0 heterocycles. The van der Waals surface area contributed by atoms with Crippen molar-refractivity contribution in [1.29, 1.82) is 0 Å². The Labute approximate surface area is 126 Å². The summed E-state index contributed by atoms with van der Waals surface area (Å²) in [5.74, 6) is 1.16. The Balaban J connectivity index is 1.83. The van der Waals surface area contributed by atoms with Gasteiger partial charge in [0.15, 0.2) is 0 Å². The second kappa shape index (κ2) is 8.45. The van der Waals surface area contributed by atoms with Crippen molar-refractivity contribution in [3.8, 4) is 5.75 Å². The molecule has 0 radical (unpaired) electrons. The van der Waals surface area contributed by atoms with Gasteiger partial charge in [0.1, 0.15) is 12.4 Å². The van der Waals surface area contributed by atoms with Crippen molar-refractivity contribution in [3.05, 3.63) is 65.7 Å². The van der Waals surface area contributed by atoms with E-state index in [0.717, 1.165) is 24.4 Å². The first-order chi connectivity index (χ1) is 10.3. The third-order valence-electron chi connectivity index (χ3n) is 3.28. The predicted octanol–water partition coefficient (Wildman–Crippen LogP) is 2.98. The van der Waals surface area contributed by atoms with E-state index >= 15 is 0 Å². The molecule has 0 aliphatic carbocycles. The van der Waals surface area contributed by atoms with E-state index in [0.29, 0.717) is 6.61 Å². The average molecular weight is 285 g/mol. The smallest absolute Gasteiger partial charge is 0.120 e. The number of nitrogens with one attached hydrogen (secondary N) is 1. The summed E-state index contributed by atoms with van der Waals surface area (Å²) in [4.78, 5) is 0. The van der Waals surface area contributed by atoms with E-state index in [1.54, 1.807) is 0 Å². The lowest BCUT2D eigenvalue weighted by Gasteiger charge is -2.11. The maximum atomic E-state index is 8.99. The first-order valence-corrected chi connectivity index (χ1v) is 7.35. The molecule has 21 heavy (non-hydrogen) atoms. The maximum Gasteiger partial charge on any atom is 0.120 e. The van der Waals surface area contributed by atoms with E-state index < -0.39 is 0 Å². The van der Waals surface area contributed by atoms with Gasteiger partial charge in [-0.2, -0.15) is 0 Å². The molecule has 0 bridgehead atoms. The molecular formula is C18H23NO2. The quantitative estimate of drug-likeness (QED) is 0.783. The SMILES string of the molecule is CC(CO)CNCc1cccc(OCc2ccccc2)c1. The molecule has 1 atom stereocenters. The summed E-state index contributed by atoms with van der Waals surface area (Å²) in [6.45, 7) is 4.41. The predicted molar refractivity (Wildman–Crippen MR) is 85.2 cm³/mol. The summed E-state index contributed by atoms with van der Waals surface area (Å²) in [7, 11) is 0. The molecule has 0 saturated heterocycles. The lowest BCUT2D eigenvalue weighted by atomic mass is 10.2. The summed E-state index contributed by atoms with van der Waals surface area (Å²) in [5.41, 5.74) is 2.35. The molecular weight excluding hydrogens is 262 g/mol. The zero-order valence-electron chi connectivity index (χ0n) is 12.5. The summed E-state index contributed by atoms with van der Waals surface area (Å²) >= 11 is 0. The van der Waals surface area contributed by atoms with Crippen LogP contribution >= 0.6 is 0 Å². The monoisotopic (exact) mass is 285 g/mol. The van der Waals surface area contributed by atoms with Gasteiger partial charge in [-0.05, 0) is 29.2 Å². The van der Waals surface area contributed by atoms with Gasteiger partial charge in [0, 0.05) is 19.7 Å². The van der Waals surface area contributed by atoms with E-state index in [1.165, 1.54) is 5.56 Å². The summed E-state index contributed by atoms with van der Waals surface area (Å²) < 4.78 is 5.81. The van der Waals surface area contributed by atoms with Crippen LogP contribution in [0.2, 0.25) is 0 Å². The van der Waals surface area contributed by atoms with E-state index in [4.69, 9.17) is 9.84 Å². The fraction of sp³-hybridized carbons (Fsp3) is 0.333. The fourth-order valence-electron chi connectivity index (χ4n) is 2.01. The molecule has 0 aliphatic rings. The summed E-state index contributed by atoms with van der Waals surface area (Å²) in [6.07, 6.45) is 0. The first kappa shape index (κ1) is 15.5. The fourth-order valence-corrected chi connectivity index (χ4v) is 2.01. The molecule has 0 fully saturated rings. The van der Waals surface area contributed by atoms with Crippen LogP contribution in [-0.2, 0) is 13.2 Å². The van der Waals surface area contributed by atoms with Crippen molar-refractivity contribution >= 4 is 0 Å². The normalized spacial score (nSPS) is 12.1. The Morgan fingerprint density at radius 3 is 2.57 bits per heavy atom. The highest BCUT2D eigenvalue weighted by Gasteiger charge is 2.01. The second-order valence-corrected chi connectivity index (χ2v) is 5.34. The van der Waals surface area contributed by atoms with Gasteiger partial charge < -0.3 is 15.2 Å². The maximum absolute atomic E-state index is 8.99. The summed E-state index contributed by atoms with van der Waals surface area (Å²) in [5, 5.41) is 12.3. The Morgan fingerprint density at radius 2 is 1.81 bits per heavy atom. The van der Waals surface area contributed by atoms with Crippen LogP contribution in [0.15, 0.2) is 54.6 Å². The molecule has 2 rings (SSSR count). The Bertz CT molecular complexity index is 528. The topological polar surface area (TPSA) is 41.5 Å². The highest BCUT2D eigenvalue weighted by Crippen LogP contribution is 2.15. The molecule has 0 saturated carbocycles. The molecule has 3 nitrogen and oxygen atoms in total. The molecule has 0 aliphatic heterocycles. The van der Waals surface area contributed by atoms with Gasteiger partial charge in [-0.3, -0.25) is 0 Å². The highest BCUT2D eigenvalue weighted by atomic mass is 16.5. The van der Waals surface area contributed by atoms with Crippen LogP contribution in [0.5, 0.6) is 5.75 Å². The highest BCUT2D eigenvalue weighted by molar-refractivity contribution is 5.29. The Morgan fingerprint density at radius 1 is 1.05 bits per heavy atom. The third-order valence-corrected chi connectivity index (χ3v) is 3.28. The van der Waals surface area contributed by atoms with Crippen molar-refractivity contribution in [3.63, 3.8) is 0 Å². The van der Waals surface area contributed by atoms with Crippen LogP contribution < -0.4 is 10.1 Å². The number of ether oxygens (including phenoxy) is 1. The van der Waals surface area contributed by atoms with Gasteiger partial charge in [-0.15, -0.1) is 0 Å². The minimum absolute atomic E-state index is 0.216. The van der Waals surface area contributed by atoms with Gasteiger partial charge in [0.05, 0.1) is 0 Å². The number of rotatable bonds is 8. The van der Waals surface area contributed by atoms with Gasteiger partial charge in [-0.1, -0.05) is 49.4 Å². The molecule has 1 unspecified atom stereocenters. The molecule has 2 aromatic rings. The van der Waals surface area contributed by atoms with Gasteiger partial charge >= 0.3 is 0 Å². The van der Waals surface area contributed by atoms with Crippen LogP contribution in [0.4, 0.5) is 0 Å². The summed E-state index contributed by atoms with van der Waals surface area (Å²) in [6, 6.07) is 18.3. The van der Waals surface area contributed by atoms with Crippen molar-refractivity contribution < 1.29 is 9.84 Å². The van der Waals surface area contributed by atoms with Crippen LogP contribution in [0, 0.1) is 5.92 Å². The van der Waals surface area contributed by atoms with Crippen molar-refractivity contribution in [2.75, 3.05) is 13.2 Å². The number of hydrogen-bond acceptors (Lipinski definition) is 3. The van der Waals surface area contributed by atoms with Gasteiger partial charge in [-0.25, -0.2) is 0 Å². The van der Waals surface area contributed by atoms with Crippen LogP contribution in [0.1, 0.15) is 18.1 Å². The van der Waals surface area contributed by atoms with Gasteiger partial charge in [0.2, 0.25) is 0 Å². The molecule has 112 valence electrons. The lowest BCUT2D eigenvalue weighted by molar-refractivity contribution is 0.233. The van der Waals surface area contributed by atoms with Crippen molar-refractivity contribution in [1.82, 2.24) is 5.32 Å². The van der Waals surface area contributed by atoms with Gasteiger partial charge in [0.25, 0.3) is 0 Å². The number of aliphatic hydroxyl groups is 1. The third kappa shape index (κ3) is 5.58. The van der Waals surface area contributed by atoms with Crippen LogP contribution in [-0.4, -0.2) is 18.3 Å². The molecule has 0 amide bonds. The van der Waals surface area contributed by atoms with Crippen LogP contribution in [0.25, 0.3) is 0 Å².